The van der Waals surface area contributed by atoms with E-state index in [1.54, 1.807) is 0 Å². The Morgan fingerprint density at radius 1 is 0.429 bits per heavy atom. The number of para-hydroxylation sites is 2. The van der Waals surface area contributed by atoms with E-state index in [0.717, 1.165) is 66.8 Å². The van der Waals surface area contributed by atoms with Crippen LogP contribution in [0.5, 0.6) is 0 Å². The van der Waals surface area contributed by atoms with Gasteiger partial charge in [-0.15, -0.1) is 0 Å². The molecule has 0 radical (unpaired) electrons. The van der Waals surface area contributed by atoms with Crippen molar-refractivity contribution in [2.45, 2.75) is 5.41 Å². The van der Waals surface area contributed by atoms with Crippen molar-refractivity contribution >= 4 is 44.5 Å². The highest BCUT2D eigenvalue weighted by Crippen LogP contribution is 2.65. The Kier molecular flexibility index (Phi) is 8.58. The van der Waals surface area contributed by atoms with Gasteiger partial charge in [0.15, 0.2) is 0 Å². The fourth-order valence-electron chi connectivity index (χ4n) is 10.5. The van der Waals surface area contributed by atoms with Crippen molar-refractivity contribution in [1.82, 2.24) is 0 Å². The van der Waals surface area contributed by atoms with Crippen LogP contribution in [0.1, 0.15) is 27.8 Å². The van der Waals surface area contributed by atoms with Crippen molar-refractivity contribution in [3.63, 3.8) is 0 Å². The monoisotopic (exact) mass is 803 g/mol. The normalized spacial score (nSPS) is 13.6. The Morgan fingerprint density at radius 3 is 1.46 bits per heavy atom. The second kappa shape index (κ2) is 14.8. The Bertz CT molecular complexity index is 3310. The quantitative estimate of drug-likeness (QED) is 0.142. The molecule has 2 heteroatoms. The van der Waals surface area contributed by atoms with Crippen LogP contribution in [-0.2, 0) is 5.41 Å². The number of furan rings is 1. The SMILES string of the molecule is C=C/C=C(\C1=C(N(c2ccc(-c3ccccc3)cc2)c2ccc(-c3ccccc3)cc2)C2(c3ccccc31)c1ccccc1-c1ccccc12)c1cccc2c1oc1ccccc12. The molecule has 0 N–H and O–H groups in total. The lowest BCUT2D eigenvalue weighted by Crippen LogP contribution is -2.35. The summed E-state index contributed by atoms with van der Waals surface area (Å²) in [7, 11) is 0. The van der Waals surface area contributed by atoms with Crippen LogP contribution in [0, 0.1) is 0 Å². The van der Waals surface area contributed by atoms with Gasteiger partial charge in [-0.1, -0.05) is 213 Å². The molecule has 296 valence electrons. The van der Waals surface area contributed by atoms with Crippen LogP contribution in [0.3, 0.4) is 0 Å². The molecule has 0 saturated carbocycles. The van der Waals surface area contributed by atoms with Gasteiger partial charge in [-0.25, -0.2) is 0 Å². The lowest BCUT2D eigenvalue weighted by atomic mass is 9.71. The number of rotatable bonds is 8. The molecule has 1 aromatic heterocycles. The average Bonchev–Trinajstić information content (AvgIpc) is 3.99. The predicted octanol–water partition coefficient (Wildman–Crippen LogP) is 16.1. The Balaban J connectivity index is 1.22. The highest BCUT2D eigenvalue weighted by Gasteiger charge is 2.55. The number of hydrogen-bond acceptors (Lipinski definition) is 2. The van der Waals surface area contributed by atoms with Gasteiger partial charge in [-0.05, 0) is 91.5 Å². The Labute approximate surface area is 367 Å². The maximum absolute atomic E-state index is 6.85. The summed E-state index contributed by atoms with van der Waals surface area (Å²) < 4.78 is 6.85. The molecule has 2 aliphatic carbocycles. The number of allylic oxidation sites excluding steroid dienone is 5. The Hall–Kier alpha value is -8.20. The molecule has 0 atom stereocenters. The third kappa shape index (κ3) is 5.58. The van der Waals surface area contributed by atoms with Gasteiger partial charge in [-0.2, -0.15) is 0 Å². The third-order valence-corrected chi connectivity index (χ3v) is 13.1. The summed E-state index contributed by atoms with van der Waals surface area (Å²) in [5.74, 6) is 0. The van der Waals surface area contributed by atoms with Gasteiger partial charge in [0, 0.05) is 33.3 Å². The lowest BCUT2D eigenvalue weighted by molar-refractivity contribution is 0.668. The number of nitrogens with zero attached hydrogens (tertiary/aromatic N) is 1. The van der Waals surface area contributed by atoms with Crippen LogP contribution in [0.25, 0.3) is 66.5 Å². The molecule has 1 spiro atoms. The summed E-state index contributed by atoms with van der Waals surface area (Å²) in [6.45, 7) is 4.36. The second-order valence-corrected chi connectivity index (χ2v) is 16.4. The second-order valence-electron chi connectivity index (χ2n) is 16.4. The van der Waals surface area contributed by atoms with Gasteiger partial charge in [-0.3, -0.25) is 0 Å². The summed E-state index contributed by atoms with van der Waals surface area (Å²) in [5, 5.41) is 2.18. The fraction of sp³-hybridized carbons (Fsp3) is 0.0164. The summed E-state index contributed by atoms with van der Waals surface area (Å²) in [4.78, 5) is 2.54. The van der Waals surface area contributed by atoms with Crippen molar-refractivity contribution in [3.8, 4) is 33.4 Å². The molecule has 63 heavy (non-hydrogen) atoms. The highest BCUT2D eigenvalue weighted by atomic mass is 16.3. The third-order valence-electron chi connectivity index (χ3n) is 13.1. The van der Waals surface area contributed by atoms with E-state index in [4.69, 9.17) is 4.42 Å². The lowest BCUT2D eigenvalue weighted by Gasteiger charge is -2.40. The molecular weight excluding hydrogens is 763 g/mol. The molecule has 0 saturated heterocycles. The van der Waals surface area contributed by atoms with Crippen LogP contribution in [0.2, 0.25) is 0 Å². The molecule has 12 rings (SSSR count). The van der Waals surface area contributed by atoms with Gasteiger partial charge in [0.2, 0.25) is 0 Å². The van der Waals surface area contributed by atoms with Crippen molar-refractivity contribution in [2.24, 2.45) is 0 Å². The zero-order valence-electron chi connectivity index (χ0n) is 34.6. The molecule has 2 aliphatic rings. The highest BCUT2D eigenvalue weighted by molar-refractivity contribution is 6.18. The molecule has 10 aromatic rings. The van der Waals surface area contributed by atoms with Gasteiger partial charge in [0.1, 0.15) is 11.2 Å². The van der Waals surface area contributed by atoms with E-state index in [0.29, 0.717) is 0 Å². The van der Waals surface area contributed by atoms with E-state index in [9.17, 15) is 0 Å². The van der Waals surface area contributed by atoms with E-state index in [-0.39, 0.29) is 0 Å². The molecule has 0 aliphatic heterocycles. The van der Waals surface area contributed by atoms with E-state index in [2.05, 4.69) is 236 Å². The van der Waals surface area contributed by atoms with Crippen molar-refractivity contribution < 1.29 is 4.42 Å². The molecule has 0 amide bonds. The summed E-state index contributed by atoms with van der Waals surface area (Å²) in [5.41, 5.74) is 19.6. The number of fused-ring (bicyclic) bond motifs is 10. The fourth-order valence-corrected chi connectivity index (χ4v) is 10.5. The van der Waals surface area contributed by atoms with E-state index in [1.165, 1.54) is 44.5 Å². The maximum atomic E-state index is 6.85. The summed E-state index contributed by atoms with van der Waals surface area (Å²) in [6, 6.07) is 81.4. The van der Waals surface area contributed by atoms with Gasteiger partial charge in [0.25, 0.3) is 0 Å². The Morgan fingerprint density at radius 2 is 0.889 bits per heavy atom. The largest absolute Gasteiger partial charge is 0.455 e. The van der Waals surface area contributed by atoms with Crippen LogP contribution in [0.4, 0.5) is 11.4 Å². The minimum atomic E-state index is -0.711. The number of hydrogen-bond donors (Lipinski definition) is 0. The van der Waals surface area contributed by atoms with Crippen LogP contribution in [-0.4, -0.2) is 0 Å². The zero-order valence-corrected chi connectivity index (χ0v) is 34.6. The molecule has 0 bridgehead atoms. The van der Waals surface area contributed by atoms with Gasteiger partial charge < -0.3 is 9.32 Å². The molecule has 9 aromatic carbocycles. The molecule has 1 heterocycles. The van der Waals surface area contributed by atoms with E-state index < -0.39 is 5.41 Å². The standard InChI is InChI=1S/C61H41NO/c1-2-18-50(52-28-17-27-51-49-25-12-16-32-57(49)63-59(51)52)58-53-26-11-15-31-56(53)61(54-29-13-9-23-47(54)48-24-10-14-30-55(48)61)60(58)62(45-37-33-43(34-38-45)41-19-5-3-6-20-41)46-39-35-44(36-40-46)42-21-7-4-8-22-42/h2-40H,1H2/b50-18-. The van der Waals surface area contributed by atoms with Crippen LogP contribution in [0.15, 0.2) is 253 Å². The molecule has 2 nitrogen and oxygen atoms in total. The summed E-state index contributed by atoms with van der Waals surface area (Å²) >= 11 is 0. The molecular formula is C61H41NO. The van der Waals surface area contributed by atoms with Gasteiger partial charge in [0.05, 0.1) is 11.1 Å². The number of benzene rings is 9. The molecule has 0 unspecified atom stereocenters. The van der Waals surface area contributed by atoms with E-state index in [1.807, 2.05) is 12.1 Å². The first kappa shape index (κ1) is 36.6. The van der Waals surface area contributed by atoms with Crippen molar-refractivity contribution in [1.29, 1.82) is 0 Å². The molecule has 0 fully saturated rings. The van der Waals surface area contributed by atoms with E-state index >= 15 is 0 Å². The summed E-state index contributed by atoms with van der Waals surface area (Å²) in [6.07, 6.45) is 4.12. The first-order chi connectivity index (χ1) is 31.2. The minimum Gasteiger partial charge on any atom is -0.455 e. The smallest absolute Gasteiger partial charge is 0.143 e. The van der Waals surface area contributed by atoms with Crippen molar-refractivity contribution in [3.05, 3.63) is 277 Å². The van der Waals surface area contributed by atoms with Crippen LogP contribution >= 0.6 is 0 Å². The maximum Gasteiger partial charge on any atom is 0.143 e. The average molecular weight is 804 g/mol. The first-order valence-corrected chi connectivity index (χ1v) is 21.6. The van der Waals surface area contributed by atoms with Crippen molar-refractivity contribution in [2.75, 3.05) is 4.90 Å². The van der Waals surface area contributed by atoms with Gasteiger partial charge >= 0.3 is 0 Å². The predicted molar refractivity (Wildman–Crippen MR) is 263 cm³/mol. The van der Waals surface area contributed by atoms with Crippen LogP contribution < -0.4 is 4.90 Å². The zero-order chi connectivity index (χ0) is 41.9. The first-order valence-electron chi connectivity index (χ1n) is 21.6. The topological polar surface area (TPSA) is 16.4 Å². The minimum absolute atomic E-state index is 0.711. The number of anilines is 2.